The summed E-state index contributed by atoms with van der Waals surface area (Å²) in [4.78, 5) is 28.2. The fourth-order valence-electron chi connectivity index (χ4n) is 5.06. The zero-order chi connectivity index (χ0) is 26.3. The monoisotopic (exact) mass is 521 g/mol. The lowest BCUT2D eigenvalue weighted by Gasteiger charge is -2.38. The summed E-state index contributed by atoms with van der Waals surface area (Å²) in [6, 6.07) is 19.3. The van der Waals surface area contributed by atoms with Gasteiger partial charge in [0.1, 0.15) is 11.2 Å². The van der Waals surface area contributed by atoms with Gasteiger partial charge in [0.05, 0.1) is 12.1 Å². The Morgan fingerprint density at radius 2 is 1.82 bits per heavy atom. The molecule has 2 aliphatic rings. The summed E-state index contributed by atoms with van der Waals surface area (Å²) in [5.74, 6) is 1.00. The smallest absolute Gasteiger partial charge is 0.272 e. The summed E-state index contributed by atoms with van der Waals surface area (Å²) < 4.78 is 5.89. The van der Waals surface area contributed by atoms with E-state index < -0.39 is 0 Å². The van der Waals surface area contributed by atoms with Crippen LogP contribution in [0.1, 0.15) is 46.8 Å². The molecule has 1 aliphatic carbocycles. The minimum Gasteiger partial charge on any atom is -0.436 e. The quantitative estimate of drug-likeness (QED) is 0.334. The number of carbonyl (C=O) groups excluding carboxylic acids is 1. The maximum absolute atomic E-state index is 13.4. The van der Waals surface area contributed by atoms with Crippen molar-refractivity contribution in [1.82, 2.24) is 40.0 Å². The van der Waals surface area contributed by atoms with E-state index in [-0.39, 0.29) is 11.9 Å². The van der Waals surface area contributed by atoms with Crippen molar-refractivity contribution in [3.63, 3.8) is 0 Å². The van der Waals surface area contributed by atoms with Gasteiger partial charge in [0, 0.05) is 43.6 Å². The molecule has 3 aromatic heterocycles. The SMILES string of the molecule is Nc1ccc2oc(-c3ccnc(C(=O)N4CCN(C(c5ccccc5)c5nnn(C6CC6)n5)CC4)c3)nc2c1. The summed E-state index contributed by atoms with van der Waals surface area (Å²) in [6.45, 7) is 2.48. The van der Waals surface area contributed by atoms with Crippen LogP contribution in [0.25, 0.3) is 22.6 Å². The molecule has 39 heavy (non-hydrogen) atoms. The van der Waals surface area contributed by atoms with Crippen molar-refractivity contribution in [1.29, 1.82) is 0 Å². The molecule has 1 saturated heterocycles. The lowest BCUT2D eigenvalue weighted by molar-refractivity contribution is 0.0586. The van der Waals surface area contributed by atoms with Crippen LogP contribution in [0.15, 0.2) is 71.3 Å². The zero-order valence-electron chi connectivity index (χ0n) is 21.2. The Labute approximate surface area is 224 Å². The first kappa shape index (κ1) is 23.5. The van der Waals surface area contributed by atoms with E-state index in [0.29, 0.717) is 72.0 Å². The first-order valence-corrected chi connectivity index (χ1v) is 13.1. The van der Waals surface area contributed by atoms with Crippen LogP contribution in [-0.2, 0) is 0 Å². The molecule has 0 spiro atoms. The lowest BCUT2D eigenvalue weighted by Crippen LogP contribution is -2.50. The molecule has 0 bridgehead atoms. The molecule has 4 heterocycles. The number of oxazole rings is 1. The lowest BCUT2D eigenvalue weighted by atomic mass is 10.0. The highest BCUT2D eigenvalue weighted by atomic mass is 16.3. The molecular formula is C28H27N9O2. The number of rotatable bonds is 6. The predicted molar refractivity (Wildman–Crippen MR) is 144 cm³/mol. The second-order valence-corrected chi connectivity index (χ2v) is 10.0. The highest BCUT2D eigenvalue weighted by Crippen LogP contribution is 2.34. The third-order valence-corrected chi connectivity index (χ3v) is 7.28. The second kappa shape index (κ2) is 9.59. The molecule has 2 fully saturated rings. The van der Waals surface area contributed by atoms with Crippen LogP contribution in [-0.4, -0.2) is 72.1 Å². The second-order valence-electron chi connectivity index (χ2n) is 10.0. The number of carbonyl (C=O) groups is 1. The minimum absolute atomic E-state index is 0.120. The van der Waals surface area contributed by atoms with E-state index in [4.69, 9.17) is 15.2 Å². The number of fused-ring (bicyclic) bond motifs is 1. The van der Waals surface area contributed by atoms with Gasteiger partial charge in [0.2, 0.25) is 5.89 Å². The van der Waals surface area contributed by atoms with Crippen molar-refractivity contribution in [3.8, 4) is 11.5 Å². The Bertz CT molecular complexity index is 1640. The fourth-order valence-corrected chi connectivity index (χ4v) is 5.06. The van der Waals surface area contributed by atoms with Crippen molar-refractivity contribution in [2.24, 2.45) is 0 Å². The number of nitrogen functional groups attached to an aromatic ring is 1. The standard InChI is InChI=1S/C28H27N9O2/c29-20-6-9-24-22(17-20)31-27(39-24)19-10-11-30-23(16-19)28(38)36-14-12-35(13-15-36)25(18-4-2-1-3-5-18)26-32-34-37(33-26)21-7-8-21/h1-6,9-11,16-17,21,25H,7-8,12-15,29H2. The average Bonchev–Trinajstić information content (AvgIpc) is 3.56. The number of benzene rings is 2. The highest BCUT2D eigenvalue weighted by molar-refractivity contribution is 5.93. The number of anilines is 1. The van der Waals surface area contributed by atoms with Crippen molar-refractivity contribution in [2.75, 3.05) is 31.9 Å². The molecule has 11 nitrogen and oxygen atoms in total. The molecule has 1 saturated carbocycles. The Hall–Kier alpha value is -4.64. The Balaban J connectivity index is 1.08. The van der Waals surface area contributed by atoms with E-state index in [1.807, 2.05) is 23.1 Å². The summed E-state index contributed by atoms with van der Waals surface area (Å²) in [6.07, 6.45) is 3.81. The van der Waals surface area contributed by atoms with Crippen molar-refractivity contribution in [3.05, 3.63) is 83.9 Å². The van der Waals surface area contributed by atoms with E-state index in [1.54, 1.807) is 41.3 Å². The zero-order valence-corrected chi connectivity index (χ0v) is 21.2. The van der Waals surface area contributed by atoms with Gasteiger partial charge < -0.3 is 15.1 Å². The van der Waals surface area contributed by atoms with Crippen molar-refractivity contribution >= 4 is 22.7 Å². The number of hydrogen-bond acceptors (Lipinski definition) is 9. The van der Waals surface area contributed by atoms with Crippen molar-refractivity contribution in [2.45, 2.75) is 24.9 Å². The number of piperazine rings is 1. The number of hydrogen-bond donors (Lipinski definition) is 1. The molecule has 1 amide bonds. The number of nitrogens with two attached hydrogens (primary N) is 1. The average molecular weight is 522 g/mol. The summed E-state index contributed by atoms with van der Waals surface area (Å²) in [7, 11) is 0. The van der Waals surface area contributed by atoms with Gasteiger partial charge in [0.15, 0.2) is 11.4 Å². The number of aromatic nitrogens is 6. The Morgan fingerprint density at radius 1 is 1.00 bits per heavy atom. The van der Waals surface area contributed by atoms with Crippen LogP contribution in [0.2, 0.25) is 0 Å². The van der Waals surface area contributed by atoms with Gasteiger partial charge in [-0.05, 0) is 54.0 Å². The molecule has 2 aromatic carbocycles. The first-order valence-electron chi connectivity index (χ1n) is 13.1. The van der Waals surface area contributed by atoms with E-state index in [2.05, 4.69) is 37.3 Å². The number of amides is 1. The topological polar surface area (TPSA) is 132 Å². The van der Waals surface area contributed by atoms with E-state index >= 15 is 0 Å². The van der Waals surface area contributed by atoms with Crippen LogP contribution < -0.4 is 5.73 Å². The van der Waals surface area contributed by atoms with Gasteiger partial charge in [-0.3, -0.25) is 14.7 Å². The van der Waals surface area contributed by atoms with E-state index in [0.717, 1.165) is 18.4 Å². The molecule has 1 unspecified atom stereocenters. The van der Waals surface area contributed by atoms with Gasteiger partial charge in [0.25, 0.3) is 5.91 Å². The summed E-state index contributed by atoms with van der Waals surface area (Å²) in [5.41, 5.74) is 9.96. The van der Waals surface area contributed by atoms with Gasteiger partial charge in [-0.2, -0.15) is 4.80 Å². The van der Waals surface area contributed by atoms with Crippen LogP contribution >= 0.6 is 0 Å². The number of tetrazole rings is 1. The Morgan fingerprint density at radius 3 is 2.62 bits per heavy atom. The third kappa shape index (κ3) is 4.61. The largest absolute Gasteiger partial charge is 0.436 e. The van der Waals surface area contributed by atoms with Gasteiger partial charge in [-0.1, -0.05) is 30.3 Å². The Kier molecular flexibility index (Phi) is 5.77. The molecule has 11 heteroatoms. The molecular weight excluding hydrogens is 494 g/mol. The minimum atomic E-state index is -0.120. The summed E-state index contributed by atoms with van der Waals surface area (Å²) >= 11 is 0. The highest BCUT2D eigenvalue weighted by Gasteiger charge is 2.33. The van der Waals surface area contributed by atoms with Crippen molar-refractivity contribution < 1.29 is 9.21 Å². The van der Waals surface area contributed by atoms with Gasteiger partial charge in [-0.25, -0.2) is 4.98 Å². The first-order chi connectivity index (χ1) is 19.1. The number of pyridine rings is 1. The predicted octanol–water partition coefficient (Wildman–Crippen LogP) is 3.34. The van der Waals surface area contributed by atoms with Gasteiger partial charge in [-0.15, -0.1) is 10.2 Å². The molecule has 2 N–H and O–H groups in total. The van der Waals surface area contributed by atoms with Crippen LogP contribution in [0.4, 0.5) is 5.69 Å². The summed E-state index contributed by atoms with van der Waals surface area (Å²) in [5, 5.41) is 13.5. The molecule has 1 atom stereocenters. The fraction of sp³-hybridized carbons (Fsp3) is 0.286. The molecule has 5 aromatic rings. The van der Waals surface area contributed by atoms with Crippen LogP contribution in [0.5, 0.6) is 0 Å². The maximum atomic E-state index is 13.4. The van der Waals surface area contributed by atoms with E-state index in [9.17, 15) is 4.79 Å². The van der Waals surface area contributed by atoms with Crippen LogP contribution in [0.3, 0.4) is 0 Å². The normalized spacial score (nSPS) is 17.0. The number of nitrogens with zero attached hydrogens (tertiary/aromatic N) is 8. The molecule has 0 radical (unpaired) electrons. The molecule has 196 valence electrons. The molecule has 7 rings (SSSR count). The third-order valence-electron chi connectivity index (χ3n) is 7.28. The molecule has 1 aliphatic heterocycles. The van der Waals surface area contributed by atoms with Crippen LogP contribution in [0, 0.1) is 0 Å². The van der Waals surface area contributed by atoms with E-state index in [1.165, 1.54) is 0 Å². The van der Waals surface area contributed by atoms with Gasteiger partial charge >= 0.3 is 0 Å². The maximum Gasteiger partial charge on any atom is 0.272 e.